The van der Waals surface area contributed by atoms with E-state index < -0.39 is 5.91 Å². The minimum Gasteiger partial charge on any atom is -0.450 e. The number of carbonyl (C=O) groups excluding carboxylic acids is 3. The number of rotatable bonds is 5. The van der Waals surface area contributed by atoms with Gasteiger partial charge < -0.3 is 20.3 Å². The molecule has 2 N–H and O–H groups in total. The number of hydrogen-bond acceptors (Lipinski definition) is 4. The number of nitrogens with zero attached hydrogens (tertiary/aromatic N) is 1. The first-order valence-corrected chi connectivity index (χ1v) is 8.62. The van der Waals surface area contributed by atoms with Gasteiger partial charge in [-0.15, -0.1) is 0 Å². The van der Waals surface area contributed by atoms with Crippen LogP contribution in [0.25, 0.3) is 0 Å². The van der Waals surface area contributed by atoms with E-state index >= 15 is 0 Å². The van der Waals surface area contributed by atoms with Crippen molar-refractivity contribution in [3.05, 3.63) is 29.3 Å². The SMILES string of the molecule is CCOC(=O)N1CCC(NC(=O)CC(=O)Nc2cccc(Cl)c2)CC1. The van der Waals surface area contributed by atoms with Gasteiger partial charge in [-0.25, -0.2) is 4.79 Å². The first-order valence-electron chi connectivity index (χ1n) is 8.24. The highest BCUT2D eigenvalue weighted by Crippen LogP contribution is 2.15. The molecule has 0 radical (unpaired) electrons. The van der Waals surface area contributed by atoms with Crippen LogP contribution in [0.2, 0.25) is 5.02 Å². The number of amides is 3. The zero-order valence-corrected chi connectivity index (χ0v) is 14.8. The Labute approximate surface area is 151 Å². The van der Waals surface area contributed by atoms with Crippen molar-refractivity contribution >= 4 is 35.2 Å². The van der Waals surface area contributed by atoms with E-state index in [9.17, 15) is 14.4 Å². The van der Waals surface area contributed by atoms with Gasteiger partial charge in [-0.05, 0) is 38.0 Å². The molecule has 0 atom stereocenters. The molecule has 1 fully saturated rings. The Hall–Kier alpha value is -2.28. The van der Waals surface area contributed by atoms with Crippen LogP contribution in [-0.4, -0.2) is 48.5 Å². The van der Waals surface area contributed by atoms with Crippen LogP contribution < -0.4 is 10.6 Å². The molecule has 1 aliphatic heterocycles. The quantitative estimate of drug-likeness (QED) is 0.782. The zero-order valence-electron chi connectivity index (χ0n) is 14.1. The Morgan fingerprint density at radius 3 is 2.60 bits per heavy atom. The van der Waals surface area contributed by atoms with Gasteiger partial charge in [-0.1, -0.05) is 17.7 Å². The van der Waals surface area contributed by atoms with Crippen LogP contribution in [0.4, 0.5) is 10.5 Å². The third kappa shape index (κ3) is 6.26. The van der Waals surface area contributed by atoms with Crippen molar-refractivity contribution in [3.8, 4) is 0 Å². The highest BCUT2D eigenvalue weighted by atomic mass is 35.5. The summed E-state index contributed by atoms with van der Waals surface area (Å²) < 4.78 is 4.95. The minimum absolute atomic E-state index is 0.0443. The van der Waals surface area contributed by atoms with Crippen molar-refractivity contribution in [2.75, 3.05) is 25.0 Å². The molecule has 0 unspecified atom stereocenters. The summed E-state index contributed by atoms with van der Waals surface area (Å²) in [4.78, 5) is 37.1. The standard InChI is InChI=1S/C17H22ClN3O4/c1-2-25-17(24)21-8-6-13(7-9-21)19-15(22)11-16(23)20-14-5-3-4-12(18)10-14/h3-5,10,13H,2,6-9,11H2,1H3,(H,19,22)(H,20,23). The molecule has 7 nitrogen and oxygen atoms in total. The van der Waals surface area contributed by atoms with E-state index in [1.807, 2.05) is 0 Å². The molecule has 1 aromatic carbocycles. The fraction of sp³-hybridized carbons (Fsp3) is 0.471. The molecule has 0 spiro atoms. The number of nitrogens with one attached hydrogen (secondary N) is 2. The molecule has 1 aliphatic rings. The van der Waals surface area contributed by atoms with E-state index in [2.05, 4.69) is 10.6 Å². The summed E-state index contributed by atoms with van der Waals surface area (Å²) in [5.41, 5.74) is 0.549. The normalized spacial score (nSPS) is 14.7. The van der Waals surface area contributed by atoms with E-state index in [0.29, 0.717) is 43.2 Å². The van der Waals surface area contributed by atoms with Gasteiger partial charge in [0.2, 0.25) is 11.8 Å². The average molecular weight is 368 g/mol. The molecule has 136 valence electrons. The Balaban J connectivity index is 1.72. The highest BCUT2D eigenvalue weighted by molar-refractivity contribution is 6.30. The fourth-order valence-electron chi connectivity index (χ4n) is 2.62. The van der Waals surface area contributed by atoms with Crippen LogP contribution in [-0.2, 0) is 14.3 Å². The van der Waals surface area contributed by atoms with E-state index in [-0.39, 0.29) is 24.5 Å². The minimum atomic E-state index is -0.399. The predicted octanol–water partition coefficient (Wildman–Crippen LogP) is 2.41. The summed E-state index contributed by atoms with van der Waals surface area (Å²) in [6.07, 6.45) is 0.694. The Bertz CT molecular complexity index is 630. The average Bonchev–Trinajstić information content (AvgIpc) is 2.55. The molecule has 0 bridgehead atoms. The molecule has 2 rings (SSSR count). The fourth-order valence-corrected chi connectivity index (χ4v) is 2.81. The summed E-state index contributed by atoms with van der Waals surface area (Å²) in [6.45, 7) is 3.16. The number of ether oxygens (including phenoxy) is 1. The molecule has 1 aromatic rings. The molecule has 3 amide bonds. The van der Waals surface area contributed by atoms with Crippen molar-refractivity contribution in [1.82, 2.24) is 10.2 Å². The summed E-state index contributed by atoms with van der Waals surface area (Å²) in [5, 5.41) is 5.98. The second kappa shape index (κ2) is 9.27. The lowest BCUT2D eigenvalue weighted by molar-refractivity contribution is -0.127. The van der Waals surface area contributed by atoms with Crippen LogP contribution in [0, 0.1) is 0 Å². The molecule has 0 aliphatic carbocycles. The lowest BCUT2D eigenvalue weighted by Gasteiger charge is -2.31. The topological polar surface area (TPSA) is 87.7 Å². The maximum atomic E-state index is 12.0. The first-order chi connectivity index (χ1) is 12.0. The molecular weight excluding hydrogens is 346 g/mol. The van der Waals surface area contributed by atoms with Gasteiger partial charge in [0.1, 0.15) is 6.42 Å². The van der Waals surface area contributed by atoms with Crippen molar-refractivity contribution in [2.24, 2.45) is 0 Å². The number of hydrogen-bond donors (Lipinski definition) is 2. The first kappa shape index (κ1) is 19.1. The van der Waals surface area contributed by atoms with E-state index in [1.165, 1.54) is 0 Å². The summed E-state index contributed by atoms with van der Waals surface area (Å²) >= 11 is 5.85. The van der Waals surface area contributed by atoms with Crippen LogP contribution in [0.5, 0.6) is 0 Å². The lowest BCUT2D eigenvalue weighted by Crippen LogP contribution is -2.47. The third-order valence-electron chi connectivity index (χ3n) is 3.82. The summed E-state index contributed by atoms with van der Waals surface area (Å²) in [7, 11) is 0. The summed E-state index contributed by atoms with van der Waals surface area (Å²) in [6, 6.07) is 6.69. The van der Waals surface area contributed by atoms with Gasteiger partial charge in [0, 0.05) is 29.8 Å². The zero-order chi connectivity index (χ0) is 18.2. The third-order valence-corrected chi connectivity index (χ3v) is 4.05. The van der Waals surface area contributed by atoms with Gasteiger partial charge in [-0.3, -0.25) is 9.59 Å². The van der Waals surface area contributed by atoms with Crippen LogP contribution in [0.1, 0.15) is 26.2 Å². The van der Waals surface area contributed by atoms with E-state index in [0.717, 1.165) is 0 Å². The maximum Gasteiger partial charge on any atom is 0.409 e. The molecular formula is C17H22ClN3O4. The molecule has 1 saturated heterocycles. The van der Waals surface area contributed by atoms with Crippen molar-refractivity contribution in [3.63, 3.8) is 0 Å². The van der Waals surface area contributed by atoms with Crippen LogP contribution >= 0.6 is 11.6 Å². The van der Waals surface area contributed by atoms with Crippen molar-refractivity contribution in [1.29, 1.82) is 0 Å². The largest absolute Gasteiger partial charge is 0.450 e. The van der Waals surface area contributed by atoms with E-state index in [1.54, 1.807) is 36.1 Å². The van der Waals surface area contributed by atoms with Crippen LogP contribution in [0.15, 0.2) is 24.3 Å². The number of piperidine rings is 1. The number of benzene rings is 1. The monoisotopic (exact) mass is 367 g/mol. The Morgan fingerprint density at radius 2 is 1.96 bits per heavy atom. The van der Waals surface area contributed by atoms with E-state index in [4.69, 9.17) is 16.3 Å². The van der Waals surface area contributed by atoms with Crippen molar-refractivity contribution in [2.45, 2.75) is 32.2 Å². The number of anilines is 1. The molecule has 8 heteroatoms. The Morgan fingerprint density at radius 1 is 1.24 bits per heavy atom. The van der Waals surface area contributed by atoms with Crippen LogP contribution in [0.3, 0.4) is 0 Å². The predicted molar refractivity (Wildman–Crippen MR) is 94.5 cm³/mol. The maximum absolute atomic E-state index is 12.0. The molecule has 1 heterocycles. The van der Waals surface area contributed by atoms with Gasteiger partial charge in [0.05, 0.1) is 6.61 Å². The smallest absolute Gasteiger partial charge is 0.409 e. The molecule has 0 saturated carbocycles. The Kier molecular flexibility index (Phi) is 7.06. The highest BCUT2D eigenvalue weighted by Gasteiger charge is 2.25. The van der Waals surface area contributed by atoms with Crippen molar-refractivity contribution < 1.29 is 19.1 Å². The number of carbonyl (C=O) groups is 3. The summed E-state index contributed by atoms with van der Waals surface area (Å²) in [5.74, 6) is -0.738. The number of likely N-dealkylation sites (tertiary alicyclic amines) is 1. The molecule has 0 aromatic heterocycles. The van der Waals surface area contributed by atoms with Gasteiger partial charge >= 0.3 is 6.09 Å². The lowest BCUT2D eigenvalue weighted by atomic mass is 10.1. The second-order valence-electron chi connectivity index (χ2n) is 5.76. The van der Waals surface area contributed by atoms with Gasteiger partial charge in [0.15, 0.2) is 0 Å². The van der Waals surface area contributed by atoms with Gasteiger partial charge in [0.25, 0.3) is 0 Å². The second-order valence-corrected chi connectivity index (χ2v) is 6.20. The molecule has 25 heavy (non-hydrogen) atoms. The number of halogens is 1. The van der Waals surface area contributed by atoms with Gasteiger partial charge in [-0.2, -0.15) is 0 Å².